The molecule has 0 aliphatic carbocycles. The van der Waals surface area contributed by atoms with Gasteiger partial charge in [0.25, 0.3) is 5.91 Å². The Morgan fingerprint density at radius 2 is 1.81 bits per heavy atom. The van der Waals surface area contributed by atoms with Crippen molar-refractivity contribution in [3.8, 4) is 0 Å². The molecular weight excluding hydrogens is 390 g/mol. The largest absolute Gasteiger partial charge is 0.379 e. The van der Waals surface area contributed by atoms with Gasteiger partial charge in [-0.25, -0.2) is 8.42 Å². The van der Waals surface area contributed by atoms with Crippen molar-refractivity contribution in [2.24, 2.45) is 11.7 Å². The summed E-state index contributed by atoms with van der Waals surface area (Å²) >= 11 is 0. The number of likely N-dealkylation sites (tertiary alicyclic amines) is 1. The summed E-state index contributed by atoms with van der Waals surface area (Å²) in [5.74, 6) is 0.483. The zero-order valence-electron chi connectivity index (χ0n) is 15.5. The molecule has 0 radical (unpaired) electrons. The Kier molecular flexibility index (Phi) is 7.64. The van der Waals surface area contributed by atoms with Crippen LogP contribution in [0.5, 0.6) is 0 Å². The lowest BCUT2D eigenvalue weighted by Crippen LogP contribution is -2.49. The first-order chi connectivity index (χ1) is 12.4. The fourth-order valence-electron chi connectivity index (χ4n) is 3.61. The number of nitrogens with zero attached hydrogens (tertiary/aromatic N) is 2. The summed E-state index contributed by atoms with van der Waals surface area (Å²) in [4.78, 5) is 14.9. The normalized spacial score (nSPS) is 24.3. The Labute approximate surface area is 167 Å². The summed E-state index contributed by atoms with van der Waals surface area (Å²) < 4.78 is 32.0. The summed E-state index contributed by atoms with van der Waals surface area (Å²) in [6.07, 6.45) is 1.87. The van der Waals surface area contributed by atoms with Crippen LogP contribution in [-0.4, -0.2) is 69.0 Å². The van der Waals surface area contributed by atoms with Gasteiger partial charge in [-0.2, -0.15) is 4.31 Å². The van der Waals surface area contributed by atoms with Gasteiger partial charge < -0.3 is 15.4 Å². The molecule has 152 valence electrons. The number of ether oxygens (including phenoxy) is 1. The Balaban J connectivity index is 0.00000261. The van der Waals surface area contributed by atoms with E-state index in [0.717, 1.165) is 12.8 Å². The first kappa shape index (κ1) is 22.1. The third kappa shape index (κ3) is 4.81. The maximum Gasteiger partial charge on any atom is 0.254 e. The monoisotopic (exact) mass is 417 g/mol. The predicted molar refractivity (Wildman–Crippen MR) is 106 cm³/mol. The van der Waals surface area contributed by atoms with Crippen LogP contribution in [0.1, 0.15) is 30.1 Å². The van der Waals surface area contributed by atoms with E-state index in [2.05, 4.69) is 6.92 Å². The highest BCUT2D eigenvalue weighted by Crippen LogP contribution is 2.24. The molecule has 2 fully saturated rings. The van der Waals surface area contributed by atoms with E-state index in [1.54, 1.807) is 12.1 Å². The number of benzene rings is 1. The van der Waals surface area contributed by atoms with Crippen molar-refractivity contribution in [3.05, 3.63) is 29.8 Å². The topological polar surface area (TPSA) is 92.9 Å². The van der Waals surface area contributed by atoms with Crippen molar-refractivity contribution in [1.82, 2.24) is 9.21 Å². The minimum Gasteiger partial charge on any atom is -0.379 e. The van der Waals surface area contributed by atoms with E-state index in [1.165, 1.54) is 16.4 Å². The molecule has 2 saturated heterocycles. The summed E-state index contributed by atoms with van der Waals surface area (Å²) in [6, 6.07) is 6.27. The average Bonchev–Trinajstić information content (AvgIpc) is 2.68. The number of hydrogen-bond donors (Lipinski definition) is 1. The van der Waals surface area contributed by atoms with Crippen LogP contribution >= 0.6 is 12.4 Å². The third-order valence-corrected chi connectivity index (χ3v) is 7.13. The molecule has 27 heavy (non-hydrogen) atoms. The first-order valence-corrected chi connectivity index (χ1v) is 10.6. The molecule has 0 spiro atoms. The number of sulfonamides is 1. The van der Waals surface area contributed by atoms with Gasteiger partial charge in [0, 0.05) is 37.8 Å². The lowest BCUT2D eigenvalue weighted by molar-refractivity contribution is 0.0573. The van der Waals surface area contributed by atoms with Gasteiger partial charge in [0.05, 0.1) is 18.1 Å². The molecule has 1 aromatic rings. The maximum absolute atomic E-state index is 12.8. The highest BCUT2D eigenvalue weighted by atomic mass is 35.5. The molecular formula is C18H28ClN3O4S. The van der Waals surface area contributed by atoms with E-state index >= 15 is 0 Å². The number of nitrogens with two attached hydrogens (primary N) is 1. The number of rotatable bonds is 4. The third-order valence-electron chi connectivity index (χ3n) is 5.22. The fraction of sp³-hybridized carbons (Fsp3) is 0.611. The average molecular weight is 418 g/mol. The Hall–Kier alpha value is -1.19. The van der Waals surface area contributed by atoms with E-state index in [4.69, 9.17) is 10.5 Å². The van der Waals surface area contributed by atoms with Crippen LogP contribution in [0, 0.1) is 5.92 Å². The van der Waals surface area contributed by atoms with Gasteiger partial charge in [0.15, 0.2) is 0 Å². The lowest BCUT2D eigenvalue weighted by atomic mass is 9.92. The number of carbonyl (C=O) groups excluding carboxylic acids is 1. The molecule has 2 atom stereocenters. The molecule has 1 aromatic carbocycles. The van der Waals surface area contributed by atoms with Gasteiger partial charge in [-0.15, -0.1) is 12.4 Å². The van der Waals surface area contributed by atoms with Crippen molar-refractivity contribution in [2.75, 3.05) is 39.4 Å². The minimum absolute atomic E-state index is 0. The minimum atomic E-state index is -3.54. The number of hydrogen-bond acceptors (Lipinski definition) is 5. The Morgan fingerprint density at radius 3 is 2.41 bits per heavy atom. The number of morpholine rings is 1. The molecule has 0 bridgehead atoms. The van der Waals surface area contributed by atoms with E-state index in [0.29, 0.717) is 50.9 Å². The second kappa shape index (κ2) is 9.34. The van der Waals surface area contributed by atoms with Crippen molar-refractivity contribution < 1.29 is 17.9 Å². The molecule has 3 rings (SSSR count). The molecule has 0 saturated carbocycles. The second-order valence-electron chi connectivity index (χ2n) is 7.06. The number of piperidine rings is 1. The summed E-state index contributed by atoms with van der Waals surface area (Å²) in [5, 5.41) is 0. The molecule has 7 nitrogen and oxygen atoms in total. The van der Waals surface area contributed by atoms with Crippen molar-refractivity contribution in [3.63, 3.8) is 0 Å². The lowest BCUT2D eigenvalue weighted by Gasteiger charge is -2.38. The summed E-state index contributed by atoms with van der Waals surface area (Å²) in [5.41, 5.74) is 6.35. The molecule has 0 aromatic heterocycles. The van der Waals surface area contributed by atoms with Crippen LogP contribution in [0.25, 0.3) is 0 Å². The smallest absolute Gasteiger partial charge is 0.254 e. The molecule has 1 amide bonds. The molecule has 2 aliphatic heterocycles. The van der Waals surface area contributed by atoms with Crippen LogP contribution in [0.2, 0.25) is 0 Å². The SMILES string of the molecule is CC1CCN(C(=O)c2ccc(S(=O)(=O)N3CCOCC3)cc2)C(CN)C1.Cl. The fourth-order valence-corrected chi connectivity index (χ4v) is 5.02. The van der Waals surface area contributed by atoms with Gasteiger partial charge in [-0.3, -0.25) is 4.79 Å². The van der Waals surface area contributed by atoms with Crippen LogP contribution in [-0.2, 0) is 14.8 Å². The van der Waals surface area contributed by atoms with Crippen molar-refractivity contribution in [1.29, 1.82) is 0 Å². The van der Waals surface area contributed by atoms with Gasteiger partial charge in [-0.05, 0) is 43.0 Å². The predicted octanol–water partition coefficient (Wildman–Crippen LogP) is 1.33. The van der Waals surface area contributed by atoms with Gasteiger partial charge in [-0.1, -0.05) is 6.92 Å². The Morgan fingerprint density at radius 1 is 1.19 bits per heavy atom. The van der Waals surface area contributed by atoms with Crippen LogP contribution < -0.4 is 5.73 Å². The first-order valence-electron chi connectivity index (χ1n) is 9.12. The van der Waals surface area contributed by atoms with E-state index in [1.807, 2.05) is 4.90 Å². The van der Waals surface area contributed by atoms with Crippen molar-refractivity contribution in [2.45, 2.75) is 30.7 Å². The van der Waals surface area contributed by atoms with Crippen molar-refractivity contribution >= 4 is 28.3 Å². The number of carbonyl (C=O) groups is 1. The highest BCUT2D eigenvalue weighted by molar-refractivity contribution is 7.89. The van der Waals surface area contributed by atoms with E-state index < -0.39 is 10.0 Å². The van der Waals surface area contributed by atoms with Gasteiger partial charge in [0.1, 0.15) is 0 Å². The summed E-state index contributed by atoms with van der Waals surface area (Å²) in [6.45, 7) is 4.83. The number of amides is 1. The molecule has 2 heterocycles. The highest BCUT2D eigenvalue weighted by Gasteiger charge is 2.30. The molecule has 2 N–H and O–H groups in total. The van der Waals surface area contributed by atoms with E-state index in [9.17, 15) is 13.2 Å². The van der Waals surface area contributed by atoms with Crippen LogP contribution in [0.3, 0.4) is 0 Å². The quantitative estimate of drug-likeness (QED) is 0.797. The van der Waals surface area contributed by atoms with Crippen LogP contribution in [0.4, 0.5) is 0 Å². The maximum atomic E-state index is 12.8. The van der Waals surface area contributed by atoms with Gasteiger partial charge in [0.2, 0.25) is 10.0 Å². The van der Waals surface area contributed by atoms with Crippen LogP contribution in [0.15, 0.2) is 29.2 Å². The molecule has 9 heteroatoms. The summed E-state index contributed by atoms with van der Waals surface area (Å²) in [7, 11) is -3.54. The number of halogens is 1. The standard InChI is InChI=1S/C18H27N3O4S.ClH/c1-14-6-7-21(16(12-14)13-19)18(22)15-2-4-17(5-3-15)26(23,24)20-8-10-25-11-9-20;/h2-5,14,16H,6-13,19H2,1H3;1H. The molecule has 2 aliphatic rings. The van der Waals surface area contributed by atoms with E-state index in [-0.39, 0.29) is 29.3 Å². The zero-order valence-corrected chi connectivity index (χ0v) is 17.2. The zero-order chi connectivity index (χ0) is 18.7. The Bertz CT molecular complexity index is 735. The molecule has 2 unspecified atom stereocenters. The second-order valence-corrected chi connectivity index (χ2v) is 9.00. The van der Waals surface area contributed by atoms with Gasteiger partial charge >= 0.3 is 0 Å².